The Labute approximate surface area is 114 Å². The van der Waals surface area contributed by atoms with Crippen molar-refractivity contribution in [3.63, 3.8) is 0 Å². The molecule has 3 heteroatoms. The fourth-order valence-corrected chi connectivity index (χ4v) is 2.74. The highest BCUT2D eigenvalue weighted by Crippen LogP contribution is 2.39. The number of benzene rings is 1. The molecular formula is C15H21ClO2. The van der Waals surface area contributed by atoms with Crippen LogP contribution in [0.2, 0.25) is 5.02 Å². The maximum absolute atomic E-state index is 6.10. The molecule has 0 aromatic heterocycles. The second-order valence-corrected chi connectivity index (χ2v) is 5.28. The number of methoxy groups -OCH3 is 1. The van der Waals surface area contributed by atoms with E-state index in [1.54, 1.807) is 7.11 Å². The highest BCUT2D eigenvalue weighted by molar-refractivity contribution is 6.30. The summed E-state index contributed by atoms with van der Waals surface area (Å²) >= 11 is 6.10. The van der Waals surface area contributed by atoms with E-state index < -0.39 is 0 Å². The Morgan fingerprint density at radius 1 is 1.33 bits per heavy atom. The molecule has 0 radical (unpaired) electrons. The third kappa shape index (κ3) is 2.99. The van der Waals surface area contributed by atoms with Crippen LogP contribution in [0.5, 0.6) is 5.75 Å². The van der Waals surface area contributed by atoms with Crippen molar-refractivity contribution in [2.75, 3.05) is 7.11 Å². The first-order valence-corrected chi connectivity index (χ1v) is 7.06. The maximum Gasteiger partial charge on any atom is 0.122 e. The summed E-state index contributed by atoms with van der Waals surface area (Å²) in [7, 11) is 1.71. The predicted octanol–water partition coefficient (Wildman–Crippen LogP) is 4.41. The standard InChI is InChI=1S/C15H21ClO2/c1-4-10(8-15-13(5-2)18-15)12-9-11(16)6-7-14(12)17-3/h6-7,9-10,13,15H,4-5,8H2,1-3H3. The summed E-state index contributed by atoms with van der Waals surface area (Å²) in [6.07, 6.45) is 4.12. The van der Waals surface area contributed by atoms with E-state index in [1.807, 2.05) is 18.2 Å². The Hall–Kier alpha value is -0.730. The zero-order valence-corrected chi connectivity index (χ0v) is 12.0. The molecule has 1 aliphatic heterocycles. The minimum absolute atomic E-state index is 0.420. The summed E-state index contributed by atoms with van der Waals surface area (Å²) in [5.74, 6) is 1.39. The van der Waals surface area contributed by atoms with Crippen molar-refractivity contribution in [3.8, 4) is 5.75 Å². The van der Waals surface area contributed by atoms with E-state index in [9.17, 15) is 0 Å². The molecule has 3 atom stereocenters. The number of hydrogen-bond acceptors (Lipinski definition) is 2. The quantitative estimate of drug-likeness (QED) is 0.713. The summed E-state index contributed by atoms with van der Waals surface area (Å²) in [4.78, 5) is 0. The van der Waals surface area contributed by atoms with Crippen molar-refractivity contribution in [2.24, 2.45) is 0 Å². The van der Waals surface area contributed by atoms with Gasteiger partial charge in [0.15, 0.2) is 0 Å². The summed E-state index contributed by atoms with van der Waals surface area (Å²) in [6, 6.07) is 5.85. The number of epoxide rings is 1. The van der Waals surface area contributed by atoms with Crippen LogP contribution >= 0.6 is 11.6 Å². The first kappa shape index (κ1) is 13.7. The van der Waals surface area contributed by atoms with Gasteiger partial charge in [0.2, 0.25) is 0 Å². The van der Waals surface area contributed by atoms with Crippen molar-refractivity contribution in [2.45, 2.75) is 51.2 Å². The van der Waals surface area contributed by atoms with Crippen LogP contribution in [0.3, 0.4) is 0 Å². The molecule has 0 aliphatic carbocycles. The number of ether oxygens (including phenoxy) is 2. The molecule has 2 nitrogen and oxygen atoms in total. The lowest BCUT2D eigenvalue weighted by Gasteiger charge is -2.18. The molecule has 0 N–H and O–H groups in total. The van der Waals surface area contributed by atoms with Gasteiger partial charge in [0.25, 0.3) is 0 Å². The number of halogens is 1. The van der Waals surface area contributed by atoms with Gasteiger partial charge in [-0.3, -0.25) is 0 Å². The van der Waals surface area contributed by atoms with E-state index >= 15 is 0 Å². The molecule has 100 valence electrons. The van der Waals surface area contributed by atoms with Gasteiger partial charge in [0.1, 0.15) is 5.75 Å². The highest BCUT2D eigenvalue weighted by Gasteiger charge is 2.38. The van der Waals surface area contributed by atoms with Crippen molar-refractivity contribution >= 4 is 11.6 Å². The Bertz CT molecular complexity index is 405. The minimum Gasteiger partial charge on any atom is -0.496 e. The lowest BCUT2D eigenvalue weighted by molar-refractivity contribution is 0.345. The van der Waals surface area contributed by atoms with Gasteiger partial charge in [-0.15, -0.1) is 0 Å². The van der Waals surface area contributed by atoms with Gasteiger partial charge >= 0.3 is 0 Å². The molecule has 0 saturated carbocycles. The van der Waals surface area contributed by atoms with Crippen LogP contribution in [0.1, 0.15) is 44.6 Å². The molecule has 1 fully saturated rings. The average Bonchev–Trinajstić information content (AvgIpc) is 3.14. The lowest BCUT2D eigenvalue weighted by Crippen LogP contribution is -2.05. The van der Waals surface area contributed by atoms with Crippen LogP contribution in [0, 0.1) is 0 Å². The number of hydrogen-bond donors (Lipinski definition) is 0. The Morgan fingerprint density at radius 3 is 2.67 bits per heavy atom. The molecule has 3 unspecified atom stereocenters. The van der Waals surface area contributed by atoms with Crippen LogP contribution in [-0.4, -0.2) is 19.3 Å². The Morgan fingerprint density at radius 2 is 2.11 bits per heavy atom. The van der Waals surface area contributed by atoms with Gasteiger partial charge in [0, 0.05) is 5.02 Å². The third-order valence-electron chi connectivity index (χ3n) is 3.73. The van der Waals surface area contributed by atoms with E-state index in [1.165, 1.54) is 5.56 Å². The largest absolute Gasteiger partial charge is 0.496 e. The van der Waals surface area contributed by atoms with E-state index in [0.717, 1.165) is 30.0 Å². The monoisotopic (exact) mass is 268 g/mol. The topological polar surface area (TPSA) is 21.8 Å². The molecule has 1 aromatic rings. The minimum atomic E-state index is 0.420. The zero-order chi connectivity index (χ0) is 13.1. The van der Waals surface area contributed by atoms with Crippen LogP contribution in [-0.2, 0) is 4.74 Å². The SMILES string of the molecule is CCC(CC1OC1CC)c1cc(Cl)ccc1OC. The molecule has 0 bridgehead atoms. The van der Waals surface area contributed by atoms with Crippen LogP contribution < -0.4 is 4.74 Å². The van der Waals surface area contributed by atoms with Gasteiger partial charge < -0.3 is 9.47 Å². The first-order valence-electron chi connectivity index (χ1n) is 6.68. The molecule has 1 heterocycles. The van der Waals surface area contributed by atoms with Crippen LogP contribution in [0.15, 0.2) is 18.2 Å². The van der Waals surface area contributed by atoms with Gasteiger partial charge in [-0.25, -0.2) is 0 Å². The molecular weight excluding hydrogens is 248 g/mol. The van der Waals surface area contributed by atoms with Crippen molar-refractivity contribution in [1.82, 2.24) is 0 Å². The van der Waals surface area contributed by atoms with E-state index in [2.05, 4.69) is 13.8 Å². The van der Waals surface area contributed by atoms with E-state index in [-0.39, 0.29) is 0 Å². The fraction of sp³-hybridized carbons (Fsp3) is 0.600. The highest BCUT2D eigenvalue weighted by atomic mass is 35.5. The molecule has 0 spiro atoms. The molecule has 2 rings (SSSR count). The maximum atomic E-state index is 6.10. The molecule has 18 heavy (non-hydrogen) atoms. The first-order chi connectivity index (χ1) is 8.69. The summed E-state index contributed by atoms with van der Waals surface area (Å²) < 4.78 is 11.1. The third-order valence-corrected chi connectivity index (χ3v) is 3.97. The second-order valence-electron chi connectivity index (χ2n) is 4.85. The van der Waals surface area contributed by atoms with Crippen molar-refractivity contribution < 1.29 is 9.47 Å². The van der Waals surface area contributed by atoms with Crippen LogP contribution in [0.4, 0.5) is 0 Å². The summed E-state index contributed by atoms with van der Waals surface area (Å²) in [5.41, 5.74) is 1.21. The normalized spacial score (nSPS) is 23.8. The van der Waals surface area contributed by atoms with Crippen molar-refractivity contribution in [1.29, 1.82) is 0 Å². The molecule has 0 amide bonds. The molecule has 1 aliphatic rings. The predicted molar refractivity (Wildman–Crippen MR) is 74.6 cm³/mol. The average molecular weight is 269 g/mol. The van der Waals surface area contributed by atoms with Gasteiger partial charge in [0.05, 0.1) is 19.3 Å². The Kier molecular flexibility index (Phi) is 4.52. The summed E-state index contributed by atoms with van der Waals surface area (Å²) in [6.45, 7) is 4.37. The van der Waals surface area contributed by atoms with Gasteiger partial charge in [-0.2, -0.15) is 0 Å². The summed E-state index contributed by atoms with van der Waals surface area (Å²) in [5, 5.41) is 0.771. The second kappa shape index (κ2) is 5.94. The van der Waals surface area contributed by atoms with Gasteiger partial charge in [-0.1, -0.05) is 25.4 Å². The van der Waals surface area contributed by atoms with Crippen molar-refractivity contribution in [3.05, 3.63) is 28.8 Å². The smallest absolute Gasteiger partial charge is 0.122 e. The van der Waals surface area contributed by atoms with E-state index in [4.69, 9.17) is 21.1 Å². The fourth-order valence-electron chi connectivity index (χ4n) is 2.56. The molecule has 1 saturated heterocycles. The van der Waals surface area contributed by atoms with E-state index in [0.29, 0.717) is 18.1 Å². The van der Waals surface area contributed by atoms with Crippen LogP contribution in [0.25, 0.3) is 0 Å². The van der Waals surface area contributed by atoms with Gasteiger partial charge in [-0.05, 0) is 48.9 Å². The lowest BCUT2D eigenvalue weighted by atomic mass is 9.90. The zero-order valence-electron chi connectivity index (χ0n) is 11.3. The number of rotatable bonds is 6. The Balaban J connectivity index is 2.13. The molecule has 1 aromatic carbocycles.